The molecule has 0 amide bonds. The molecule has 1 aromatic carbocycles. The van der Waals surface area contributed by atoms with E-state index >= 15 is 0 Å². The van der Waals surface area contributed by atoms with Gasteiger partial charge in [0.2, 0.25) is 5.16 Å². The van der Waals surface area contributed by atoms with Crippen molar-refractivity contribution in [2.24, 2.45) is 0 Å². The summed E-state index contributed by atoms with van der Waals surface area (Å²) in [6.07, 6.45) is 1.99. The fraction of sp³-hybridized carbons (Fsp3) is 0.333. The molecule has 0 bridgehead atoms. The Hall–Kier alpha value is -1.89. The quantitative estimate of drug-likeness (QED) is 0.610. The van der Waals surface area contributed by atoms with Gasteiger partial charge < -0.3 is 5.11 Å². The first-order chi connectivity index (χ1) is 9.25. The van der Waals surface area contributed by atoms with Crippen LogP contribution in [0, 0.1) is 0 Å². The van der Waals surface area contributed by atoms with E-state index in [0.29, 0.717) is 5.16 Å². The van der Waals surface area contributed by atoms with E-state index in [9.17, 15) is 4.79 Å². The second kappa shape index (κ2) is 6.89. The molecule has 2 aromatic rings. The second-order valence-electron chi connectivity index (χ2n) is 3.95. The Morgan fingerprint density at radius 2 is 2.11 bits per heavy atom. The van der Waals surface area contributed by atoms with E-state index in [1.165, 1.54) is 22.0 Å². The van der Waals surface area contributed by atoms with E-state index in [1.807, 2.05) is 18.2 Å². The van der Waals surface area contributed by atoms with Crippen LogP contribution in [0.3, 0.4) is 0 Å². The molecule has 0 radical (unpaired) electrons. The lowest BCUT2D eigenvalue weighted by Crippen LogP contribution is -2.11. The number of rotatable bonds is 7. The molecular weight excluding hydrogens is 264 g/mol. The van der Waals surface area contributed by atoms with Crippen LogP contribution in [0.4, 0.5) is 0 Å². The molecule has 1 N–H and O–H groups in total. The molecule has 0 fully saturated rings. The number of benzene rings is 1. The van der Waals surface area contributed by atoms with Crippen molar-refractivity contribution in [3.8, 4) is 0 Å². The topological polar surface area (TPSA) is 80.9 Å². The molecular formula is C12H14N4O2S. The van der Waals surface area contributed by atoms with Crippen molar-refractivity contribution < 1.29 is 9.90 Å². The largest absolute Gasteiger partial charge is 0.480 e. The van der Waals surface area contributed by atoms with Gasteiger partial charge in [0, 0.05) is 5.75 Å². The van der Waals surface area contributed by atoms with Gasteiger partial charge in [-0.1, -0.05) is 42.1 Å². The lowest BCUT2D eigenvalue weighted by molar-refractivity contribution is -0.138. The van der Waals surface area contributed by atoms with Crippen LogP contribution in [-0.4, -0.2) is 37.0 Å². The molecule has 0 aliphatic rings. The van der Waals surface area contributed by atoms with E-state index in [-0.39, 0.29) is 6.54 Å². The molecule has 0 atom stereocenters. The number of aromatic nitrogens is 4. The highest BCUT2D eigenvalue weighted by Gasteiger charge is 2.09. The molecule has 0 aliphatic carbocycles. The summed E-state index contributed by atoms with van der Waals surface area (Å²) in [4.78, 5) is 10.6. The SMILES string of the molecule is O=C(O)Cn1nnnc1SCCCc1ccccc1. The molecule has 2 rings (SSSR count). The van der Waals surface area contributed by atoms with Crippen LogP contribution >= 0.6 is 11.8 Å². The Bertz CT molecular complexity index is 530. The zero-order chi connectivity index (χ0) is 13.5. The maximum absolute atomic E-state index is 10.6. The van der Waals surface area contributed by atoms with Crippen molar-refractivity contribution in [2.45, 2.75) is 24.5 Å². The van der Waals surface area contributed by atoms with Crippen LogP contribution in [0.2, 0.25) is 0 Å². The van der Waals surface area contributed by atoms with Crippen LogP contribution in [0.15, 0.2) is 35.5 Å². The maximum atomic E-state index is 10.6. The minimum absolute atomic E-state index is 0.200. The molecule has 1 aromatic heterocycles. The van der Waals surface area contributed by atoms with Gasteiger partial charge in [-0.15, -0.1) is 5.10 Å². The monoisotopic (exact) mass is 278 g/mol. The number of thioether (sulfide) groups is 1. The average molecular weight is 278 g/mol. The number of aliphatic carboxylic acids is 1. The highest BCUT2D eigenvalue weighted by molar-refractivity contribution is 7.99. The molecule has 0 aliphatic heterocycles. The number of carboxylic acid groups (broad SMARTS) is 1. The Morgan fingerprint density at radius 3 is 2.84 bits per heavy atom. The van der Waals surface area contributed by atoms with Crippen molar-refractivity contribution in [1.82, 2.24) is 20.2 Å². The van der Waals surface area contributed by atoms with Gasteiger partial charge >= 0.3 is 5.97 Å². The van der Waals surface area contributed by atoms with Gasteiger partial charge in [0.1, 0.15) is 6.54 Å². The number of carbonyl (C=O) groups is 1. The predicted octanol–water partition coefficient (Wildman–Crippen LogP) is 1.48. The lowest BCUT2D eigenvalue weighted by atomic mass is 10.1. The number of aryl methyl sites for hydroxylation is 1. The smallest absolute Gasteiger partial charge is 0.325 e. The zero-order valence-corrected chi connectivity index (χ0v) is 11.1. The molecule has 0 saturated heterocycles. The van der Waals surface area contributed by atoms with Crippen molar-refractivity contribution in [3.05, 3.63) is 35.9 Å². The van der Waals surface area contributed by atoms with Gasteiger partial charge in [-0.3, -0.25) is 4.79 Å². The fourth-order valence-corrected chi connectivity index (χ4v) is 2.43. The molecule has 6 nitrogen and oxygen atoms in total. The summed E-state index contributed by atoms with van der Waals surface area (Å²) in [5, 5.41) is 20.2. The van der Waals surface area contributed by atoms with E-state index in [2.05, 4.69) is 27.7 Å². The van der Waals surface area contributed by atoms with E-state index in [1.54, 1.807) is 0 Å². The van der Waals surface area contributed by atoms with Crippen LogP contribution in [0.25, 0.3) is 0 Å². The minimum Gasteiger partial charge on any atom is -0.480 e. The second-order valence-corrected chi connectivity index (χ2v) is 5.01. The first-order valence-electron chi connectivity index (χ1n) is 5.90. The summed E-state index contributed by atoms with van der Waals surface area (Å²) >= 11 is 1.48. The van der Waals surface area contributed by atoms with Gasteiger partial charge in [0.15, 0.2) is 0 Å². The number of tetrazole rings is 1. The third kappa shape index (κ3) is 4.36. The van der Waals surface area contributed by atoms with Crippen molar-refractivity contribution in [2.75, 3.05) is 5.75 Å². The van der Waals surface area contributed by atoms with Crippen molar-refractivity contribution in [1.29, 1.82) is 0 Å². The standard InChI is InChI=1S/C12H14N4O2S/c17-11(18)9-16-12(13-14-15-16)19-8-4-7-10-5-2-1-3-6-10/h1-3,5-6H,4,7-9H2,(H,17,18). The molecule has 0 unspecified atom stereocenters. The van der Waals surface area contributed by atoms with Crippen LogP contribution < -0.4 is 0 Å². The summed E-state index contributed by atoms with van der Waals surface area (Å²) in [7, 11) is 0. The third-order valence-electron chi connectivity index (χ3n) is 2.47. The normalized spacial score (nSPS) is 10.5. The molecule has 7 heteroatoms. The first kappa shape index (κ1) is 13.5. The van der Waals surface area contributed by atoms with E-state index in [4.69, 9.17) is 5.11 Å². The molecule has 1 heterocycles. The number of hydrogen-bond donors (Lipinski definition) is 1. The predicted molar refractivity (Wildman–Crippen MR) is 70.9 cm³/mol. The number of hydrogen-bond acceptors (Lipinski definition) is 5. The Kier molecular flexibility index (Phi) is 4.91. The summed E-state index contributed by atoms with van der Waals surface area (Å²) in [6, 6.07) is 10.2. The maximum Gasteiger partial charge on any atom is 0.325 e. The Balaban J connectivity index is 1.77. The van der Waals surface area contributed by atoms with Gasteiger partial charge in [0.25, 0.3) is 0 Å². The summed E-state index contributed by atoms with van der Waals surface area (Å²) in [6.45, 7) is -0.200. The highest BCUT2D eigenvalue weighted by atomic mass is 32.2. The van der Waals surface area contributed by atoms with Crippen LogP contribution in [0.5, 0.6) is 0 Å². The lowest BCUT2D eigenvalue weighted by Gasteiger charge is -2.02. The highest BCUT2D eigenvalue weighted by Crippen LogP contribution is 2.16. The zero-order valence-electron chi connectivity index (χ0n) is 10.3. The molecule has 100 valence electrons. The molecule has 0 spiro atoms. The summed E-state index contributed by atoms with van der Waals surface area (Å²) < 4.78 is 1.30. The van der Waals surface area contributed by atoms with Crippen LogP contribution in [0.1, 0.15) is 12.0 Å². The van der Waals surface area contributed by atoms with E-state index < -0.39 is 5.97 Å². The van der Waals surface area contributed by atoms with E-state index in [0.717, 1.165) is 18.6 Å². The van der Waals surface area contributed by atoms with Crippen molar-refractivity contribution in [3.63, 3.8) is 0 Å². The summed E-state index contributed by atoms with van der Waals surface area (Å²) in [5.41, 5.74) is 1.30. The number of carboxylic acids is 1. The van der Waals surface area contributed by atoms with Crippen LogP contribution in [-0.2, 0) is 17.8 Å². The third-order valence-corrected chi connectivity index (χ3v) is 3.51. The Morgan fingerprint density at radius 1 is 1.32 bits per heavy atom. The van der Waals surface area contributed by atoms with Crippen molar-refractivity contribution >= 4 is 17.7 Å². The molecule has 0 saturated carbocycles. The van der Waals surface area contributed by atoms with Gasteiger partial charge in [0.05, 0.1) is 0 Å². The van der Waals surface area contributed by atoms with Gasteiger partial charge in [-0.05, 0) is 28.8 Å². The van der Waals surface area contributed by atoms with Gasteiger partial charge in [-0.25, -0.2) is 4.68 Å². The Labute approximate surface area is 114 Å². The minimum atomic E-state index is -0.946. The molecule has 19 heavy (non-hydrogen) atoms. The fourth-order valence-electron chi connectivity index (χ4n) is 1.61. The summed E-state index contributed by atoms with van der Waals surface area (Å²) in [5.74, 6) is -0.0899. The van der Waals surface area contributed by atoms with Gasteiger partial charge in [-0.2, -0.15) is 0 Å². The first-order valence-corrected chi connectivity index (χ1v) is 6.89. The average Bonchev–Trinajstić information content (AvgIpc) is 2.82. The number of nitrogens with zero attached hydrogens (tertiary/aromatic N) is 4.